The fourth-order valence-electron chi connectivity index (χ4n) is 5.16. The zero-order chi connectivity index (χ0) is 28.1. The van der Waals surface area contributed by atoms with Gasteiger partial charge in [0, 0.05) is 13.1 Å². The van der Waals surface area contributed by atoms with Crippen LogP contribution in [-0.2, 0) is 9.59 Å². The van der Waals surface area contributed by atoms with Crippen LogP contribution in [0.25, 0.3) is 0 Å². The van der Waals surface area contributed by atoms with Crippen LogP contribution in [-0.4, -0.2) is 53.3 Å². The fourth-order valence-corrected chi connectivity index (χ4v) is 5.16. The molecule has 0 radical (unpaired) electrons. The number of nitrogens with one attached hydrogen (secondary N) is 2. The monoisotopic (exact) mass is 532 g/mol. The number of ether oxygens (including phenoxy) is 1. The number of benzene rings is 2. The van der Waals surface area contributed by atoms with Crippen molar-refractivity contribution in [3.05, 3.63) is 71.4 Å². The van der Waals surface area contributed by atoms with Crippen LogP contribution in [0.1, 0.15) is 59.1 Å². The van der Waals surface area contributed by atoms with Crippen molar-refractivity contribution in [2.45, 2.75) is 59.5 Å². The largest absolute Gasteiger partial charge is 0.457 e. The van der Waals surface area contributed by atoms with E-state index in [2.05, 4.69) is 24.5 Å². The van der Waals surface area contributed by atoms with Crippen LogP contribution in [0.15, 0.2) is 65.9 Å². The minimum absolute atomic E-state index is 0.144. The summed E-state index contributed by atoms with van der Waals surface area (Å²) in [7, 11) is 0. The molecule has 0 fully saturated rings. The SMILES string of the molecule is CCN1C(=O)N[C@H](c2cccc(Oc3ccccc3)c2)C2=C1CN([C@@H](CC(C)C)C(=O)NCCC(C)C)C2=O. The van der Waals surface area contributed by atoms with Crippen LogP contribution in [0.4, 0.5) is 4.79 Å². The highest BCUT2D eigenvalue weighted by atomic mass is 16.5. The van der Waals surface area contributed by atoms with Crippen molar-refractivity contribution in [1.29, 1.82) is 0 Å². The molecule has 0 saturated heterocycles. The minimum Gasteiger partial charge on any atom is -0.457 e. The Labute approximate surface area is 231 Å². The smallest absolute Gasteiger partial charge is 0.322 e. The molecule has 0 bridgehead atoms. The molecule has 4 amide bonds. The van der Waals surface area contributed by atoms with Crippen LogP contribution in [0.2, 0.25) is 0 Å². The highest BCUT2D eigenvalue weighted by Gasteiger charge is 2.46. The molecular weight excluding hydrogens is 492 g/mol. The molecule has 0 aromatic heterocycles. The molecule has 39 heavy (non-hydrogen) atoms. The molecule has 2 aromatic carbocycles. The molecule has 0 spiro atoms. The predicted octanol–water partition coefficient (Wildman–Crippen LogP) is 5.24. The average molecular weight is 533 g/mol. The summed E-state index contributed by atoms with van der Waals surface area (Å²) >= 11 is 0. The minimum atomic E-state index is -0.643. The first-order chi connectivity index (χ1) is 18.7. The Morgan fingerprint density at radius 1 is 1.03 bits per heavy atom. The molecule has 2 heterocycles. The first-order valence-electron chi connectivity index (χ1n) is 13.9. The van der Waals surface area contributed by atoms with Crippen LogP contribution in [0.3, 0.4) is 0 Å². The van der Waals surface area contributed by atoms with E-state index >= 15 is 0 Å². The molecule has 2 aromatic rings. The summed E-state index contributed by atoms with van der Waals surface area (Å²) in [6, 6.07) is 15.4. The maximum Gasteiger partial charge on any atom is 0.322 e. The van der Waals surface area contributed by atoms with Crippen molar-refractivity contribution in [2.75, 3.05) is 19.6 Å². The van der Waals surface area contributed by atoms with Gasteiger partial charge in [-0.25, -0.2) is 4.79 Å². The lowest BCUT2D eigenvalue weighted by molar-refractivity contribution is -0.137. The van der Waals surface area contributed by atoms with Crippen molar-refractivity contribution in [2.24, 2.45) is 11.8 Å². The van der Waals surface area contributed by atoms with Crippen LogP contribution in [0, 0.1) is 11.8 Å². The van der Waals surface area contributed by atoms with Gasteiger partial charge in [-0.3, -0.25) is 14.5 Å². The number of hydrogen-bond donors (Lipinski definition) is 2. The molecule has 2 aliphatic rings. The van der Waals surface area contributed by atoms with Crippen molar-refractivity contribution in [1.82, 2.24) is 20.4 Å². The van der Waals surface area contributed by atoms with Gasteiger partial charge in [-0.05, 0) is 61.4 Å². The maximum atomic E-state index is 14.1. The van der Waals surface area contributed by atoms with E-state index in [0.29, 0.717) is 48.2 Å². The highest BCUT2D eigenvalue weighted by Crippen LogP contribution is 2.38. The fraction of sp³-hybridized carbons (Fsp3) is 0.452. The Bertz CT molecular complexity index is 1220. The molecule has 0 aliphatic carbocycles. The van der Waals surface area contributed by atoms with Gasteiger partial charge in [0.1, 0.15) is 17.5 Å². The molecule has 8 nitrogen and oxygen atoms in total. The third-order valence-corrected chi connectivity index (χ3v) is 7.13. The van der Waals surface area contributed by atoms with E-state index in [9.17, 15) is 14.4 Å². The normalized spacial score (nSPS) is 18.0. The molecule has 0 unspecified atom stereocenters. The van der Waals surface area contributed by atoms with Crippen LogP contribution >= 0.6 is 0 Å². The number of likely N-dealkylation sites (N-methyl/N-ethyl adjacent to an activating group) is 1. The van der Waals surface area contributed by atoms with Gasteiger partial charge >= 0.3 is 6.03 Å². The topological polar surface area (TPSA) is 91.0 Å². The van der Waals surface area contributed by atoms with E-state index in [-0.39, 0.29) is 30.3 Å². The van der Waals surface area contributed by atoms with E-state index in [1.165, 1.54) is 0 Å². The van der Waals surface area contributed by atoms with Gasteiger partial charge < -0.3 is 20.3 Å². The van der Waals surface area contributed by atoms with Crippen LogP contribution in [0.5, 0.6) is 11.5 Å². The number of carbonyl (C=O) groups excluding carboxylic acids is 3. The molecule has 2 aliphatic heterocycles. The lowest BCUT2D eigenvalue weighted by Gasteiger charge is -2.33. The number of urea groups is 1. The molecule has 8 heteroatoms. The highest BCUT2D eigenvalue weighted by molar-refractivity contribution is 6.03. The Morgan fingerprint density at radius 2 is 1.74 bits per heavy atom. The van der Waals surface area contributed by atoms with Gasteiger partial charge in [0.05, 0.1) is 23.9 Å². The van der Waals surface area contributed by atoms with E-state index in [1.54, 1.807) is 9.80 Å². The second kappa shape index (κ2) is 12.4. The Hall–Kier alpha value is -3.81. The number of nitrogens with zero attached hydrogens (tertiary/aromatic N) is 2. The van der Waals surface area contributed by atoms with Gasteiger partial charge in [-0.1, -0.05) is 58.0 Å². The summed E-state index contributed by atoms with van der Waals surface area (Å²) in [5, 5.41) is 6.07. The summed E-state index contributed by atoms with van der Waals surface area (Å²) in [4.78, 5) is 43.8. The third-order valence-electron chi connectivity index (χ3n) is 7.13. The van der Waals surface area contributed by atoms with Gasteiger partial charge in [0.25, 0.3) is 5.91 Å². The Morgan fingerprint density at radius 3 is 2.41 bits per heavy atom. The molecule has 4 rings (SSSR count). The second-order valence-electron chi connectivity index (χ2n) is 11.0. The quantitative estimate of drug-likeness (QED) is 0.414. The van der Waals surface area contributed by atoms with Gasteiger partial charge in [-0.15, -0.1) is 0 Å². The summed E-state index contributed by atoms with van der Waals surface area (Å²) in [5.74, 6) is 1.62. The van der Waals surface area contributed by atoms with Crippen molar-refractivity contribution < 1.29 is 19.1 Å². The molecule has 208 valence electrons. The first-order valence-corrected chi connectivity index (χ1v) is 13.9. The number of hydrogen-bond acceptors (Lipinski definition) is 4. The maximum absolute atomic E-state index is 14.1. The van der Waals surface area contributed by atoms with Gasteiger partial charge in [-0.2, -0.15) is 0 Å². The summed E-state index contributed by atoms with van der Waals surface area (Å²) in [6.45, 7) is 11.4. The van der Waals surface area contributed by atoms with Crippen molar-refractivity contribution in [3.63, 3.8) is 0 Å². The Kier molecular flexibility index (Phi) is 8.94. The first kappa shape index (κ1) is 28.2. The lowest BCUT2D eigenvalue weighted by Crippen LogP contribution is -2.49. The van der Waals surface area contributed by atoms with Crippen molar-refractivity contribution in [3.8, 4) is 11.5 Å². The average Bonchev–Trinajstić information content (AvgIpc) is 3.23. The van der Waals surface area contributed by atoms with Gasteiger partial charge in [0.2, 0.25) is 5.91 Å². The van der Waals surface area contributed by atoms with Crippen LogP contribution < -0.4 is 15.4 Å². The number of para-hydroxylation sites is 1. The molecular formula is C31H40N4O4. The van der Waals surface area contributed by atoms with Gasteiger partial charge in [0.15, 0.2) is 0 Å². The zero-order valence-corrected chi connectivity index (χ0v) is 23.6. The third kappa shape index (κ3) is 6.44. The van der Waals surface area contributed by atoms with Crippen molar-refractivity contribution >= 4 is 17.8 Å². The van der Waals surface area contributed by atoms with E-state index in [1.807, 2.05) is 75.4 Å². The second-order valence-corrected chi connectivity index (χ2v) is 11.0. The zero-order valence-electron chi connectivity index (χ0n) is 23.6. The standard InChI is InChI=1S/C31H40N4O4/c1-6-34-26-19-35(25(17-21(4)5)29(36)32-16-15-20(2)3)30(37)27(26)28(33-31(34)38)22-11-10-14-24(18-22)39-23-12-8-7-9-13-23/h7-14,18,20-21,25,28H,6,15-17,19H2,1-5H3,(H,32,36)(H,33,38)/t25-,28+/m0/s1. The number of amides is 4. The molecule has 0 saturated carbocycles. The lowest BCUT2D eigenvalue weighted by atomic mass is 9.95. The van der Waals surface area contributed by atoms with E-state index in [4.69, 9.17) is 4.74 Å². The summed E-state index contributed by atoms with van der Waals surface area (Å²) in [6.07, 6.45) is 1.41. The Balaban J connectivity index is 1.64. The summed E-state index contributed by atoms with van der Waals surface area (Å²) < 4.78 is 6.02. The van der Waals surface area contributed by atoms with E-state index < -0.39 is 12.1 Å². The molecule has 2 N–H and O–H groups in total. The van der Waals surface area contributed by atoms with E-state index in [0.717, 1.165) is 12.0 Å². The molecule has 2 atom stereocenters. The predicted molar refractivity (Wildman–Crippen MR) is 151 cm³/mol. The number of rotatable bonds is 11. The number of carbonyl (C=O) groups is 3. The summed E-state index contributed by atoms with van der Waals surface area (Å²) in [5.41, 5.74) is 1.92.